The molecule has 0 nitrogen and oxygen atoms in total. The van der Waals surface area contributed by atoms with Gasteiger partial charge in [0.05, 0.1) is 0 Å². The van der Waals surface area contributed by atoms with Gasteiger partial charge < -0.3 is 0 Å². The largest absolute Gasteiger partial charge is 0 e. The van der Waals surface area contributed by atoms with Crippen LogP contribution in [0.5, 0.6) is 0 Å². The van der Waals surface area contributed by atoms with E-state index in [1.165, 1.54) is 0 Å². The zero-order valence-corrected chi connectivity index (χ0v) is 13.5. The van der Waals surface area contributed by atoms with Gasteiger partial charge in [0.2, 0.25) is 0 Å². The third kappa shape index (κ3) is 8.82. The molecule has 1 atom stereocenters. The van der Waals surface area contributed by atoms with Gasteiger partial charge in [0.15, 0.2) is 0 Å². The van der Waals surface area contributed by atoms with Crippen molar-refractivity contribution in [3.63, 3.8) is 0 Å². The van der Waals surface area contributed by atoms with Crippen LogP contribution in [0.4, 0.5) is 0 Å². The van der Waals surface area contributed by atoms with Crippen molar-refractivity contribution in [2.75, 3.05) is 0 Å². The van der Waals surface area contributed by atoms with Gasteiger partial charge in [-0.15, -0.1) is 0 Å². The summed E-state index contributed by atoms with van der Waals surface area (Å²) in [6, 6.07) is 0. The summed E-state index contributed by atoms with van der Waals surface area (Å²) in [5.74, 6) is 0. The Hall–Kier alpha value is 2.49. The van der Waals surface area contributed by atoms with Gasteiger partial charge in [0.1, 0.15) is 0 Å². The van der Waals surface area contributed by atoms with Crippen molar-refractivity contribution >= 4 is 37.2 Å². The first-order valence-corrected chi connectivity index (χ1v) is 0. The molecule has 0 aliphatic heterocycles. The molecule has 0 aliphatic rings. The van der Waals surface area contributed by atoms with Gasteiger partial charge >= 0.3 is 27.3 Å². The molecule has 0 saturated heterocycles. The van der Waals surface area contributed by atoms with Crippen molar-refractivity contribution in [1.82, 2.24) is 0 Å². The maximum atomic E-state index is 0. The summed E-state index contributed by atoms with van der Waals surface area (Å²) in [6.07, 6.45) is 0. The van der Waals surface area contributed by atoms with E-state index in [1.54, 1.807) is 0 Å². The first-order valence-electron chi connectivity index (χ1n) is 0. The summed E-state index contributed by atoms with van der Waals surface area (Å²) in [5, 5.41) is 0. The molecule has 0 bridgehead atoms. The van der Waals surface area contributed by atoms with Gasteiger partial charge in [0, 0.05) is 36.5 Å². The van der Waals surface area contributed by atoms with Crippen LogP contribution in [0, 0.1) is 0 Å². The topological polar surface area (TPSA) is 0 Å². The molecule has 2 radical (unpaired) electrons. The van der Waals surface area contributed by atoms with Crippen LogP contribution in [0.2, 0.25) is 0 Å². The summed E-state index contributed by atoms with van der Waals surface area (Å²) < 4.78 is 0. The van der Waals surface area contributed by atoms with Crippen molar-refractivity contribution in [3.8, 4) is 0 Å². The molecule has 0 saturated carbocycles. The van der Waals surface area contributed by atoms with E-state index in [0.717, 1.165) is 0 Å². The average molecular weight is 364 g/mol. The summed E-state index contributed by atoms with van der Waals surface area (Å²) in [6.45, 7) is 0. The fraction of sp³-hybridized carbons (Fsp3) is 0. The minimum Gasteiger partial charge on any atom is 0 e. The third-order valence-corrected chi connectivity index (χ3v) is 0. The Morgan fingerprint density at radius 3 is 1.00 bits per heavy atom. The Morgan fingerprint density at radius 2 is 1.00 bits per heavy atom. The second-order valence-corrected chi connectivity index (χ2v) is 0. The van der Waals surface area contributed by atoms with Crippen molar-refractivity contribution in [2.45, 2.75) is 0 Å². The van der Waals surface area contributed by atoms with Crippen molar-refractivity contribution in [2.24, 2.45) is 0 Å². The second kappa shape index (κ2) is 17.8. The molecule has 24 valence electrons. The number of rotatable bonds is 0. The maximum Gasteiger partial charge on any atom is 0 e. The summed E-state index contributed by atoms with van der Waals surface area (Å²) in [7, 11) is 0. The molecule has 0 aromatic heterocycles. The molecule has 0 aliphatic carbocycles. The molecule has 0 aromatic carbocycles. The van der Waals surface area contributed by atoms with Crippen molar-refractivity contribution in [3.05, 3.63) is 0 Å². The fourth-order valence-corrected chi connectivity index (χ4v) is 0. The maximum absolute atomic E-state index is 0. The molecule has 1 unspecified atom stereocenters. The van der Waals surface area contributed by atoms with E-state index < -0.39 is 0 Å². The van der Waals surface area contributed by atoms with Crippen LogP contribution in [0.25, 0.3) is 0 Å². The molecule has 4 heteroatoms. The molecule has 0 spiro atoms. The van der Waals surface area contributed by atoms with Crippen molar-refractivity contribution in [1.29, 1.82) is 0 Å². The van der Waals surface area contributed by atoms with E-state index in [-0.39, 0.29) is 73.7 Å². The monoisotopic (exact) mass is 364 g/mol. The Morgan fingerprint density at radius 1 is 1.00 bits per heavy atom. The predicted octanol–water partition coefficient (Wildman–Crippen LogP) is -0.863. The second-order valence-electron chi connectivity index (χ2n) is 0. The predicted molar refractivity (Wildman–Crippen MR) is 19.6 cm³/mol. The fourth-order valence-electron chi connectivity index (χ4n) is 0. The molecule has 0 aromatic rings. The quantitative estimate of drug-likeness (QED) is 0.388. The summed E-state index contributed by atoms with van der Waals surface area (Å²) in [4.78, 5) is 0. The third-order valence-electron chi connectivity index (χ3n) is 0. The van der Waals surface area contributed by atoms with Gasteiger partial charge in [-0.1, -0.05) is 0 Å². The summed E-state index contributed by atoms with van der Waals surface area (Å²) >= 11 is 0. The Labute approximate surface area is 72.9 Å². The molecular formula is H5FePPbZn. The Kier molecular flexibility index (Phi) is 140. The standard InChI is InChI=1S/Fe.H3P.Pb.Zn.2H/h;1H3;;;;. The van der Waals surface area contributed by atoms with Gasteiger partial charge in [0.25, 0.3) is 0 Å². The number of hydrogen-bond acceptors (Lipinski definition) is 0. The van der Waals surface area contributed by atoms with Crippen LogP contribution in [0.15, 0.2) is 0 Å². The first kappa shape index (κ1) is 31.5. The first-order chi connectivity index (χ1) is 0. The van der Waals surface area contributed by atoms with Crippen LogP contribution >= 0.6 is 9.90 Å². The molecule has 0 heterocycles. The minimum atomic E-state index is 0. The van der Waals surface area contributed by atoms with Crippen LogP contribution in [-0.4, -0.2) is 27.3 Å². The molecule has 4 heavy (non-hydrogen) atoms. The molecular weight excluding hydrogens is 359 g/mol. The molecule has 0 N–H and O–H groups in total. The molecule has 0 fully saturated rings. The molecule has 0 rings (SSSR count). The van der Waals surface area contributed by atoms with E-state index >= 15 is 0 Å². The Balaban J connectivity index is 0. The zero-order valence-electron chi connectivity index (χ0n) is 2.47. The smallest absolute Gasteiger partial charge is 0 e. The van der Waals surface area contributed by atoms with Crippen molar-refractivity contribution < 1.29 is 36.5 Å². The summed E-state index contributed by atoms with van der Waals surface area (Å²) in [5.41, 5.74) is 0. The van der Waals surface area contributed by atoms with Crippen LogP contribution in [0.1, 0.15) is 0 Å². The van der Waals surface area contributed by atoms with E-state index in [9.17, 15) is 0 Å². The van der Waals surface area contributed by atoms with Gasteiger partial charge in [-0.25, -0.2) is 0 Å². The van der Waals surface area contributed by atoms with Crippen LogP contribution in [-0.2, 0) is 36.5 Å². The van der Waals surface area contributed by atoms with Crippen LogP contribution in [0.3, 0.4) is 0 Å². The van der Waals surface area contributed by atoms with Crippen LogP contribution < -0.4 is 0 Å². The molecule has 0 amide bonds. The number of hydrogen-bond donors (Lipinski definition) is 0. The van der Waals surface area contributed by atoms with Gasteiger partial charge in [-0.05, 0) is 0 Å². The van der Waals surface area contributed by atoms with E-state index in [4.69, 9.17) is 0 Å². The van der Waals surface area contributed by atoms with E-state index in [0.29, 0.717) is 0 Å². The SMILES string of the molecule is P.[Fe].[PbH2].[Zn]. The zero-order chi connectivity index (χ0) is 0. The van der Waals surface area contributed by atoms with Gasteiger partial charge in [-0.3, -0.25) is 0 Å². The van der Waals surface area contributed by atoms with E-state index in [1.807, 2.05) is 0 Å². The Bertz CT molecular complexity index is 8.00. The normalized spacial score (nSPS) is 0. The van der Waals surface area contributed by atoms with E-state index in [2.05, 4.69) is 0 Å². The average Bonchev–Trinajstić information content (AvgIpc) is 0. The minimum absolute atomic E-state index is 0. The van der Waals surface area contributed by atoms with Gasteiger partial charge in [-0.2, -0.15) is 9.90 Å².